The van der Waals surface area contributed by atoms with Crippen LogP contribution in [-0.4, -0.2) is 70.0 Å². The molecule has 47 heavy (non-hydrogen) atoms. The second-order valence-corrected chi connectivity index (χ2v) is 12.7. The molecular formula is C38H44N2O6S. The molecule has 6 rings (SSSR count). The van der Waals surface area contributed by atoms with Gasteiger partial charge in [-0.3, -0.25) is 4.90 Å². The molecule has 1 N–H and O–H groups in total. The number of phenolic OH excluding ortho intramolecular Hbond substituents is 1. The number of phenols is 1. The van der Waals surface area contributed by atoms with Gasteiger partial charge in [0, 0.05) is 37.0 Å². The molecule has 0 unspecified atom stereocenters. The average molecular weight is 657 g/mol. The van der Waals surface area contributed by atoms with Gasteiger partial charge in [0.05, 0.1) is 21.3 Å². The molecule has 0 bridgehead atoms. The molecule has 8 nitrogen and oxygen atoms in total. The van der Waals surface area contributed by atoms with E-state index < -0.39 is 0 Å². The molecule has 0 radical (unpaired) electrons. The number of ether oxygens (including phenoxy) is 5. The summed E-state index contributed by atoms with van der Waals surface area (Å²) in [4.78, 5) is 4.70. The quantitative estimate of drug-likeness (QED) is 0.173. The fraction of sp³-hybridized carbons (Fsp3) is 0.368. The lowest BCUT2D eigenvalue weighted by Crippen LogP contribution is -2.34. The molecule has 0 aliphatic carbocycles. The van der Waals surface area contributed by atoms with Crippen LogP contribution in [0.3, 0.4) is 0 Å². The first-order valence-corrected chi connectivity index (χ1v) is 16.7. The molecule has 0 amide bonds. The SMILES string of the molecule is COc1cc2c(cc1Oc1c(OC)c(OC)cc3c1[C@@H](Cc1ccc(O)c(Oc4ccc(CS)cc4)c1)N(C)CC3)CCN(C)CC2. The summed E-state index contributed by atoms with van der Waals surface area (Å²) in [7, 11) is 9.29. The molecule has 4 aromatic carbocycles. The molecule has 2 aliphatic heterocycles. The number of hydrogen-bond acceptors (Lipinski definition) is 9. The van der Waals surface area contributed by atoms with Crippen molar-refractivity contribution in [1.29, 1.82) is 0 Å². The fourth-order valence-corrected chi connectivity index (χ4v) is 6.82. The highest BCUT2D eigenvalue weighted by Gasteiger charge is 2.34. The zero-order chi connectivity index (χ0) is 33.1. The van der Waals surface area contributed by atoms with Crippen molar-refractivity contribution in [2.45, 2.75) is 37.5 Å². The summed E-state index contributed by atoms with van der Waals surface area (Å²) in [5, 5.41) is 10.7. The summed E-state index contributed by atoms with van der Waals surface area (Å²) < 4.78 is 30.8. The highest BCUT2D eigenvalue weighted by molar-refractivity contribution is 7.79. The van der Waals surface area contributed by atoms with Crippen LogP contribution in [0.25, 0.3) is 0 Å². The van der Waals surface area contributed by atoms with Gasteiger partial charge in [0.2, 0.25) is 5.75 Å². The number of methoxy groups -OCH3 is 3. The van der Waals surface area contributed by atoms with Gasteiger partial charge in [-0.2, -0.15) is 12.6 Å². The Morgan fingerprint density at radius 3 is 1.98 bits per heavy atom. The van der Waals surface area contributed by atoms with Crippen LogP contribution in [0, 0.1) is 0 Å². The second-order valence-electron chi connectivity index (χ2n) is 12.3. The van der Waals surface area contributed by atoms with Gasteiger partial charge in [0.25, 0.3) is 0 Å². The Morgan fingerprint density at radius 1 is 0.681 bits per heavy atom. The number of thiol groups is 1. The minimum atomic E-state index is -0.0545. The van der Waals surface area contributed by atoms with E-state index in [2.05, 4.69) is 54.7 Å². The summed E-state index contributed by atoms with van der Waals surface area (Å²) in [6, 6.07) is 19.5. The molecule has 0 spiro atoms. The first kappa shape index (κ1) is 32.9. The monoisotopic (exact) mass is 656 g/mol. The number of rotatable bonds is 10. The molecule has 0 saturated heterocycles. The van der Waals surface area contributed by atoms with Crippen molar-refractivity contribution in [2.75, 3.05) is 55.1 Å². The second kappa shape index (κ2) is 14.4. The molecule has 248 valence electrons. The molecule has 4 aromatic rings. The number of nitrogens with zero attached hydrogens (tertiary/aromatic N) is 2. The largest absolute Gasteiger partial charge is 0.504 e. The van der Waals surface area contributed by atoms with E-state index in [0.717, 1.165) is 61.2 Å². The summed E-state index contributed by atoms with van der Waals surface area (Å²) >= 11 is 4.34. The molecule has 0 aromatic heterocycles. The van der Waals surface area contributed by atoms with E-state index in [1.54, 1.807) is 27.4 Å². The molecule has 1 atom stereocenters. The third-order valence-electron chi connectivity index (χ3n) is 9.36. The maximum Gasteiger partial charge on any atom is 0.204 e. The maximum absolute atomic E-state index is 10.7. The highest BCUT2D eigenvalue weighted by Crippen LogP contribution is 2.51. The zero-order valence-electron chi connectivity index (χ0n) is 27.8. The van der Waals surface area contributed by atoms with Gasteiger partial charge in [0.15, 0.2) is 34.5 Å². The highest BCUT2D eigenvalue weighted by atomic mass is 32.1. The van der Waals surface area contributed by atoms with E-state index in [1.165, 1.54) is 11.1 Å². The molecule has 2 heterocycles. The van der Waals surface area contributed by atoms with Crippen LogP contribution >= 0.6 is 12.6 Å². The van der Waals surface area contributed by atoms with Crippen LogP contribution in [0.15, 0.2) is 60.7 Å². The summed E-state index contributed by atoms with van der Waals surface area (Å²) in [6.45, 7) is 2.86. The van der Waals surface area contributed by atoms with Crippen molar-refractivity contribution in [3.63, 3.8) is 0 Å². The normalized spacial score (nSPS) is 16.5. The minimum absolute atomic E-state index is 0.0545. The smallest absolute Gasteiger partial charge is 0.204 e. The Labute approximate surface area is 283 Å². The third-order valence-corrected chi connectivity index (χ3v) is 9.72. The van der Waals surface area contributed by atoms with E-state index in [0.29, 0.717) is 52.4 Å². The van der Waals surface area contributed by atoms with Gasteiger partial charge in [-0.25, -0.2) is 0 Å². The lowest BCUT2D eigenvalue weighted by Gasteiger charge is -2.37. The Hall–Kier alpha value is -4.05. The van der Waals surface area contributed by atoms with Gasteiger partial charge in [0.1, 0.15) is 5.75 Å². The lowest BCUT2D eigenvalue weighted by atomic mass is 9.87. The lowest BCUT2D eigenvalue weighted by molar-refractivity contribution is 0.221. The number of aromatic hydroxyl groups is 1. The van der Waals surface area contributed by atoms with Crippen molar-refractivity contribution >= 4 is 12.6 Å². The zero-order valence-corrected chi connectivity index (χ0v) is 28.7. The van der Waals surface area contributed by atoms with Crippen LogP contribution in [0.2, 0.25) is 0 Å². The average Bonchev–Trinajstić information content (AvgIpc) is 3.27. The number of likely N-dealkylation sites (N-methyl/N-ethyl adjacent to an activating group) is 2. The number of hydrogen-bond donors (Lipinski definition) is 2. The number of fused-ring (bicyclic) bond motifs is 2. The van der Waals surface area contributed by atoms with E-state index >= 15 is 0 Å². The van der Waals surface area contributed by atoms with Gasteiger partial charge in [-0.15, -0.1) is 0 Å². The minimum Gasteiger partial charge on any atom is -0.504 e. The molecule has 9 heteroatoms. The Bertz CT molecular complexity index is 1730. The molecular weight excluding hydrogens is 612 g/mol. The van der Waals surface area contributed by atoms with Crippen LogP contribution < -0.4 is 23.7 Å². The summed E-state index contributed by atoms with van der Waals surface area (Å²) in [5.41, 5.74) is 6.87. The number of benzene rings is 4. The van der Waals surface area contributed by atoms with Gasteiger partial charge >= 0.3 is 0 Å². The Balaban J connectivity index is 1.39. The Kier molecular flexibility index (Phi) is 10.1. The fourth-order valence-electron chi connectivity index (χ4n) is 6.60. The van der Waals surface area contributed by atoms with Crippen LogP contribution in [-0.2, 0) is 31.4 Å². The van der Waals surface area contributed by atoms with Gasteiger partial charge < -0.3 is 33.7 Å². The first-order valence-electron chi connectivity index (χ1n) is 16.1. The van der Waals surface area contributed by atoms with Crippen LogP contribution in [0.1, 0.15) is 39.4 Å². The van der Waals surface area contributed by atoms with Crippen molar-refractivity contribution in [1.82, 2.24) is 9.80 Å². The van der Waals surface area contributed by atoms with E-state index in [9.17, 15) is 5.11 Å². The van der Waals surface area contributed by atoms with Crippen molar-refractivity contribution < 1.29 is 28.8 Å². The van der Waals surface area contributed by atoms with E-state index in [1.807, 2.05) is 36.4 Å². The van der Waals surface area contributed by atoms with Crippen molar-refractivity contribution in [3.05, 3.63) is 94.0 Å². The first-order chi connectivity index (χ1) is 22.8. The van der Waals surface area contributed by atoms with Crippen molar-refractivity contribution in [2.24, 2.45) is 0 Å². The molecule has 2 aliphatic rings. The van der Waals surface area contributed by atoms with Crippen molar-refractivity contribution in [3.8, 4) is 46.0 Å². The summed E-state index contributed by atoms with van der Waals surface area (Å²) in [5.74, 6) is 4.93. The predicted octanol–water partition coefficient (Wildman–Crippen LogP) is 7.23. The van der Waals surface area contributed by atoms with Crippen LogP contribution in [0.4, 0.5) is 0 Å². The molecule has 0 saturated carbocycles. The van der Waals surface area contributed by atoms with E-state index in [-0.39, 0.29) is 11.8 Å². The summed E-state index contributed by atoms with van der Waals surface area (Å²) in [6.07, 6.45) is 3.39. The molecule has 0 fully saturated rings. The third kappa shape index (κ3) is 6.98. The van der Waals surface area contributed by atoms with Gasteiger partial charge in [-0.1, -0.05) is 18.2 Å². The standard InChI is InChI=1S/C38H44N2O6S/c1-39-15-12-26-20-33(42-3)34(21-27(26)13-16-39)46-38-36-28(22-35(43-4)37(38)44-5)14-17-40(2)30(36)18-25-8-11-31(41)32(19-25)45-29-9-6-24(23-47)7-10-29/h6-11,19-22,30,41,47H,12-18,23H2,1-5H3/t30-/m1/s1. The Morgan fingerprint density at radius 2 is 1.32 bits per heavy atom. The van der Waals surface area contributed by atoms with Gasteiger partial charge in [-0.05, 0) is 110 Å². The topological polar surface area (TPSA) is 72.9 Å². The maximum atomic E-state index is 10.7. The predicted molar refractivity (Wildman–Crippen MR) is 188 cm³/mol. The van der Waals surface area contributed by atoms with Crippen LogP contribution in [0.5, 0.6) is 46.0 Å². The van der Waals surface area contributed by atoms with E-state index in [4.69, 9.17) is 23.7 Å².